The second-order valence-electron chi connectivity index (χ2n) is 4.65. The predicted octanol–water partition coefficient (Wildman–Crippen LogP) is 4.10. The number of hydrogen-bond acceptors (Lipinski definition) is 2. The van der Waals surface area contributed by atoms with E-state index in [2.05, 4.69) is 18.8 Å². The maximum atomic E-state index is 6.16. The van der Waals surface area contributed by atoms with Gasteiger partial charge in [-0.15, -0.1) is 0 Å². The van der Waals surface area contributed by atoms with E-state index >= 15 is 0 Å². The Morgan fingerprint density at radius 1 is 1.33 bits per heavy atom. The van der Waals surface area contributed by atoms with Gasteiger partial charge in [-0.05, 0) is 24.1 Å². The summed E-state index contributed by atoms with van der Waals surface area (Å²) in [5.74, 6) is 1.14. The molecule has 1 aromatic carbocycles. The number of rotatable bonds is 3. The smallest absolute Gasteiger partial charge is 0.131 e. The van der Waals surface area contributed by atoms with Gasteiger partial charge in [0.1, 0.15) is 11.5 Å². The van der Waals surface area contributed by atoms with E-state index in [-0.39, 0.29) is 0 Å². The fourth-order valence-corrected chi connectivity index (χ4v) is 2.32. The number of hydrogen-bond donors (Lipinski definition) is 1. The van der Waals surface area contributed by atoms with Gasteiger partial charge in [-0.3, -0.25) is 0 Å². The highest BCUT2D eigenvalue weighted by Gasteiger charge is 2.13. The van der Waals surface area contributed by atoms with Crippen molar-refractivity contribution >= 4 is 29.0 Å². The standard InChI is InChI=1S/C13H15Cl2N3/c1-8(2)6-18-7-17-12(13(18)16)10-4-3-9(14)5-11(10)15/h3-5,7-8H,6,16H2,1-2H3. The molecule has 96 valence electrons. The first-order valence-corrected chi connectivity index (χ1v) is 6.50. The zero-order chi connectivity index (χ0) is 13.3. The van der Waals surface area contributed by atoms with Gasteiger partial charge in [-0.1, -0.05) is 37.0 Å². The van der Waals surface area contributed by atoms with Crippen molar-refractivity contribution in [2.45, 2.75) is 20.4 Å². The molecule has 0 radical (unpaired) electrons. The first-order chi connectivity index (χ1) is 8.49. The van der Waals surface area contributed by atoms with Gasteiger partial charge in [0.15, 0.2) is 0 Å². The molecular weight excluding hydrogens is 269 g/mol. The monoisotopic (exact) mass is 283 g/mol. The molecule has 0 saturated heterocycles. The summed E-state index contributed by atoms with van der Waals surface area (Å²) >= 11 is 12.0. The van der Waals surface area contributed by atoms with Gasteiger partial charge in [-0.25, -0.2) is 4.98 Å². The molecule has 0 spiro atoms. The number of benzene rings is 1. The molecule has 0 fully saturated rings. The van der Waals surface area contributed by atoms with Crippen LogP contribution in [-0.4, -0.2) is 9.55 Å². The van der Waals surface area contributed by atoms with Crippen LogP contribution in [0.4, 0.5) is 5.82 Å². The molecule has 1 heterocycles. The first kappa shape index (κ1) is 13.2. The Labute approximate surface area is 117 Å². The van der Waals surface area contributed by atoms with E-state index in [4.69, 9.17) is 28.9 Å². The van der Waals surface area contributed by atoms with E-state index in [1.165, 1.54) is 0 Å². The Morgan fingerprint density at radius 3 is 2.67 bits per heavy atom. The van der Waals surface area contributed by atoms with E-state index in [9.17, 15) is 0 Å². The minimum absolute atomic E-state index is 0.509. The van der Waals surface area contributed by atoms with Crippen LogP contribution in [0, 0.1) is 5.92 Å². The molecule has 2 rings (SSSR count). The van der Waals surface area contributed by atoms with E-state index in [0.29, 0.717) is 27.5 Å². The highest BCUT2D eigenvalue weighted by Crippen LogP contribution is 2.32. The molecule has 0 bridgehead atoms. The summed E-state index contributed by atoms with van der Waals surface area (Å²) in [4.78, 5) is 4.34. The second-order valence-corrected chi connectivity index (χ2v) is 5.49. The van der Waals surface area contributed by atoms with Crippen LogP contribution in [0.1, 0.15) is 13.8 Å². The maximum absolute atomic E-state index is 6.16. The molecule has 5 heteroatoms. The molecule has 0 atom stereocenters. The van der Waals surface area contributed by atoms with Gasteiger partial charge >= 0.3 is 0 Å². The number of nitrogens with zero attached hydrogens (tertiary/aromatic N) is 2. The second kappa shape index (κ2) is 5.21. The Balaban J connectivity index is 2.42. The third kappa shape index (κ3) is 2.62. The van der Waals surface area contributed by atoms with Gasteiger partial charge in [0, 0.05) is 17.1 Å². The molecule has 0 amide bonds. The zero-order valence-electron chi connectivity index (χ0n) is 10.3. The first-order valence-electron chi connectivity index (χ1n) is 5.75. The quantitative estimate of drug-likeness (QED) is 0.922. The normalized spacial score (nSPS) is 11.2. The topological polar surface area (TPSA) is 43.8 Å². The minimum Gasteiger partial charge on any atom is -0.383 e. The third-order valence-electron chi connectivity index (χ3n) is 2.63. The summed E-state index contributed by atoms with van der Waals surface area (Å²) in [7, 11) is 0. The summed E-state index contributed by atoms with van der Waals surface area (Å²) in [5, 5.41) is 1.16. The van der Waals surface area contributed by atoms with Crippen LogP contribution in [0.25, 0.3) is 11.3 Å². The van der Waals surface area contributed by atoms with Crippen LogP contribution in [0.5, 0.6) is 0 Å². The molecule has 2 N–H and O–H groups in total. The summed E-state index contributed by atoms with van der Waals surface area (Å²) in [6.45, 7) is 5.10. The van der Waals surface area contributed by atoms with Gasteiger partial charge in [0.05, 0.1) is 11.3 Å². The lowest BCUT2D eigenvalue weighted by Crippen LogP contribution is -2.06. The van der Waals surface area contributed by atoms with Gasteiger partial charge in [0.2, 0.25) is 0 Å². The van der Waals surface area contributed by atoms with Gasteiger partial charge < -0.3 is 10.3 Å². The van der Waals surface area contributed by atoms with Crippen molar-refractivity contribution in [3.8, 4) is 11.3 Å². The average molecular weight is 284 g/mol. The number of nitrogens with two attached hydrogens (primary N) is 1. The van der Waals surface area contributed by atoms with E-state index in [1.807, 2.05) is 10.6 Å². The van der Waals surface area contributed by atoms with Crippen LogP contribution in [-0.2, 0) is 6.54 Å². The number of aromatic nitrogens is 2. The maximum Gasteiger partial charge on any atom is 0.131 e. The van der Waals surface area contributed by atoms with E-state index < -0.39 is 0 Å². The molecule has 2 aromatic rings. The predicted molar refractivity (Wildman–Crippen MR) is 76.9 cm³/mol. The van der Waals surface area contributed by atoms with Gasteiger partial charge in [-0.2, -0.15) is 0 Å². The lowest BCUT2D eigenvalue weighted by atomic mass is 10.1. The van der Waals surface area contributed by atoms with Crippen molar-refractivity contribution in [2.75, 3.05) is 5.73 Å². The lowest BCUT2D eigenvalue weighted by molar-refractivity contribution is 0.527. The summed E-state index contributed by atoms with van der Waals surface area (Å²) < 4.78 is 1.94. The number of imidazole rings is 1. The van der Waals surface area contributed by atoms with Crippen molar-refractivity contribution in [2.24, 2.45) is 5.92 Å². The SMILES string of the molecule is CC(C)Cn1cnc(-c2ccc(Cl)cc2Cl)c1N. The summed E-state index contributed by atoms with van der Waals surface area (Å²) in [5.41, 5.74) is 7.61. The molecule has 1 aromatic heterocycles. The molecular formula is C13H15Cl2N3. The van der Waals surface area contributed by atoms with Crippen LogP contribution >= 0.6 is 23.2 Å². The number of nitrogen functional groups attached to an aromatic ring is 1. The molecule has 0 aliphatic carbocycles. The van der Waals surface area contributed by atoms with Gasteiger partial charge in [0.25, 0.3) is 0 Å². The lowest BCUT2D eigenvalue weighted by Gasteiger charge is -2.09. The van der Waals surface area contributed by atoms with Crippen LogP contribution in [0.3, 0.4) is 0 Å². The molecule has 0 aliphatic rings. The van der Waals surface area contributed by atoms with Crippen molar-refractivity contribution in [1.82, 2.24) is 9.55 Å². The van der Waals surface area contributed by atoms with E-state index in [1.54, 1.807) is 18.5 Å². The number of halogens is 2. The highest BCUT2D eigenvalue weighted by atomic mass is 35.5. The Kier molecular flexibility index (Phi) is 3.83. The fourth-order valence-electron chi connectivity index (χ4n) is 1.82. The van der Waals surface area contributed by atoms with E-state index in [0.717, 1.165) is 12.1 Å². The highest BCUT2D eigenvalue weighted by molar-refractivity contribution is 6.36. The molecule has 18 heavy (non-hydrogen) atoms. The Hall–Kier alpha value is -1.19. The van der Waals surface area contributed by atoms with Crippen molar-refractivity contribution in [1.29, 1.82) is 0 Å². The molecule has 0 saturated carbocycles. The van der Waals surface area contributed by atoms with Crippen molar-refractivity contribution in [3.05, 3.63) is 34.6 Å². The fraction of sp³-hybridized carbons (Fsp3) is 0.308. The van der Waals surface area contributed by atoms with Crippen LogP contribution in [0.2, 0.25) is 10.0 Å². The molecule has 3 nitrogen and oxygen atoms in total. The van der Waals surface area contributed by atoms with Crippen LogP contribution < -0.4 is 5.73 Å². The zero-order valence-corrected chi connectivity index (χ0v) is 11.8. The van der Waals surface area contributed by atoms with Crippen LogP contribution in [0.15, 0.2) is 24.5 Å². The summed E-state index contributed by atoms with van der Waals surface area (Å²) in [6.07, 6.45) is 1.75. The Bertz CT molecular complexity index is 561. The average Bonchev–Trinajstić information content (AvgIpc) is 2.60. The van der Waals surface area contributed by atoms with Crippen molar-refractivity contribution in [3.63, 3.8) is 0 Å². The molecule has 0 unspecified atom stereocenters. The van der Waals surface area contributed by atoms with Crippen molar-refractivity contribution < 1.29 is 0 Å². The summed E-state index contributed by atoms with van der Waals surface area (Å²) in [6, 6.07) is 5.31. The minimum atomic E-state index is 0.509. The third-order valence-corrected chi connectivity index (χ3v) is 3.17. The molecule has 0 aliphatic heterocycles. The number of anilines is 1. The Morgan fingerprint density at radius 2 is 2.06 bits per heavy atom. The largest absolute Gasteiger partial charge is 0.383 e.